The van der Waals surface area contributed by atoms with Gasteiger partial charge in [0.25, 0.3) is 0 Å². The van der Waals surface area contributed by atoms with Crippen molar-refractivity contribution in [2.75, 3.05) is 26.3 Å². The van der Waals surface area contributed by atoms with Gasteiger partial charge in [0.1, 0.15) is 4.90 Å². The molecule has 3 rings (SSSR count). The van der Waals surface area contributed by atoms with Crippen molar-refractivity contribution in [2.45, 2.75) is 31.4 Å². The molecule has 1 atom stereocenters. The molecule has 25 heavy (non-hydrogen) atoms. The third-order valence-corrected chi connectivity index (χ3v) is 5.87. The summed E-state index contributed by atoms with van der Waals surface area (Å²) >= 11 is 0. The minimum Gasteiger partial charge on any atom is -0.478 e. The number of rotatable bonds is 6. The van der Waals surface area contributed by atoms with Gasteiger partial charge in [-0.15, -0.1) is 0 Å². The van der Waals surface area contributed by atoms with Gasteiger partial charge in [-0.3, -0.25) is 4.68 Å². The molecule has 2 aromatic rings. The summed E-state index contributed by atoms with van der Waals surface area (Å²) in [5, 5.41) is 4.23. The lowest BCUT2D eigenvalue weighted by molar-refractivity contribution is -0.00261. The zero-order chi connectivity index (χ0) is 17.9. The Morgan fingerprint density at radius 2 is 2.16 bits per heavy atom. The van der Waals surface area contributed by atoms with Crippen molar-refractivity contribution in [2.24, 2.45) is 0 Å². The summed E-state index contributed by atoms with van der Waals surface area (Å²) in [5.74, 6) is 0.410. The van der Waals surface area contributed by atoms with Crippen LogP contribution in [0.3, 0.4) is 0 Å². The maximum atomic E-state index is 12.9. The van der Waals surface area contributed by atoms with Crippen LogP contribution in [0.1, 0.15) is 25.5 Å². The van der Waals surface area contributed by atoms with E-state index in [0.717, 1.165) is 12.1 Å². The summed E-state index contributed by atoms with van der Waals surface area (Å²) in [7, 11) is -3.63. The first-order valence-corrected chi connectivity index (χ1v) is 9.71. The molecule has 8 nitrogen and oxygen atoms in total. The molecule has 0 saturated carbocycles. The Morgan fingerprint density at radius 3 is 2.80 bits per heavy atom. The number of aryl methyl sites for hydroxylation is 1. The lowest BCUT2D eigenvalue weighted by atomic mass is 10.2. The van der Waals surface area contributed by atoms with Crippen LogP contribution >= 0.6 is 0 Å². The molecule has 0 amide bonds. The van der Waals surface area contributed by atoms with Crippen molar-refractivity contribution in [1.29, 1.82) is 0 Å². The number of sulfonamides is 1. The van der Waals surface area contributed by atoms with Crippen molar-refractivity contribution in [3.05, 3.63) is 36.3 Å². The van der Waals surface area contributed by atoms with E-state index in [4.69, 9.17) is 9.47 Å². The highest BCUT2D eigenvalue weighted by Crippen LogP contribution is 2.26. The maximum absolute atomic E-state index is 12.9. The molecular formula is C16H22N4O4S. The lowest BCUT2D eigenvalue weighted by Crippen LogP contribution is -2.42. The van der Waals surface area contributed by atoms with Crippen LogP contribution < -0.4 is 4.74 Å². The van der Waals surface area contributed by atoms with Crippen LogP contribution in [0.25, 0.3) is 0 Å². The number of hydrogen-bond acceptors (Lipinski definition) is 6. The van der Waals surface area contributed by atoms with Gasteiger partial charge in [-0.05, 0) is 19.9 Å². The molecule has 2 aromatic heterocycles. The van der Waals surface area contributed by atoms with Crippen molar-refractivity contribution in [3.63, 3.8) is 0 Å². The minimum atomic E-state index is -3.63. The van der Waals surface area contributed by atoms with E-state index in [2.05, 4.69) is 10.1 Å². The first-order valence-electron chi connectivity index (χ1n) is 8.27. The largest absolute Gasteiger partial charge is 0.478 e. The summed E-state index contributed by atoms with van der Waals surface area (Å²) in [4.78, 5) is 4.20. The fourth-order valence-corrected chi connectivity index (χ4v) is 4.04. The summed E-state index contributed by atoms with van der Waals surface area (Å²) < 4.78 is 40.0. The topological polar surface area (TPSA) is 86.5 Å². The Morgan fingerprint density at radius 1 is 1.32 bits per heavy atom. The van der Waals surface area contributed by atoms with Crippen LogP contribution in [0.4, 0.5) is 0 Å². The van der Waals surface area contributed by atoms with Gasteiger partial charge < -0.3 is 9.47 Å². The fourth-order valence-electron chi connectivity index (χ4n) is 2.67. The summed E-state index contributed by atoms with van der Waals surface area (Å²) in [5.41, 5.74) is 0.881. The quantitative estimate of drug-likeness (QED) is 0.769. The molecule has 0 bridgehead atoms. The van der Waals surface area contributed by atoms with E-state index in [-0.39, 0.29) is 17.5 Å². The third kappa shape index (κ3) is 3.83. The van der Waals surface area contributed by atoms with Gasteiger partial charge in [-0.2, -0.15) is 9.40 Å². The molecular weight excluding hydrogens is 344 g/mol. The predicted molar refractivity (Wildman–Crippen MR) is 90.8 cm³/mol. The zero-order valence-electron chi connectivity index (χ0n) is 14.3. The van der Waals surface area contributed by atoms with Crippen molar-refractivity contribution < 1.29 is 17.9 Å². The van der Waals surface area contributed by atoms with Gasteiger partial charge in [0.2, 0.25) is 15.9 Å². The average molecular weight is 366 g/mol. The van der Waals surface area contributed by atoms with E-state index >= 15 is 0 Å². The molecule has 0 aromatic carbocycles. The molecule has 0 spiro atoms. The number of morpholine rings is 1. The van der Waals surface area contributed by atoms with Gasteiger partial charge in [0.05, 0.1) is 31.7 Å². The normalized spacial score (nSPS) is 19.0. The highest BCUT2D eigenvalue weighted by atomic mass is 32.2. The van der Waals surface area contributed by atoms with E-state index in [1.807, 2.05) is 20.0 Å². The second-order valence-electron chi connectivity index (χ2n) is 5.62. The minimum absolute atomic E-state index is 0.154. The average Bonchev–Trinajstić information content (AvgIpc) is 3.12. The second kappa shape index (κ2) is 7.51. The standard InChI is InChI=1S/C16H22N4O4S/c1-3-19-11-13(9-18-19)15-12-20(7-8-24-15)25(21,22)14-5-6-16(17-10-14)23-4-2/h5-6,9-11,15H,3-4,7-8,12H2,1-2H3/t15-/m0/s1. The van der Waals surface area contributed by atoms with Crippen LogP contribution in [0.15, 0.2) is 35.6 Å². The van der Waals surface area contributed by atoms with Crippen LogP contribution in [0, 0.1) is 0 Å². The lowest BCUT2D eigenvalue weighted by Gasteiger charge is -2.31. The predicted octanol–water partition coefficient (Wildman–Crippen LogP) is 1.46. The fraction of sp³-hybridized carbons (Fsp3) is 0.500. The van der Waals surface area contributed by atoms with Crippen LogP contribution in [0.2, 0.25) is 0 Å². The molecule has 1 fully saturated rings. The summed E-state index contributed by atoms with van der Waals surface area (Å²) in [6.45, 7) is 5.99. The number of hydrogen-bond donors (Lipinski definition) is 0. The van der Waals surface area contributed by atoms with Gasteiger partial charge in [-0.1, -0.05) is 0 Å². The van der Waals surface area contributed by atoms with E-state index in [1.54, 1.807) is 16.9 Å². The molecule has 136 valence electrons. The molecule has 3 heterocycles. The van der Waals surface area contributed by atoms with Gasteiger partial charge in [-0.25, -0.2) is 13.4 Å². The Labute approximate surface area is 147 Å². The number of nitrogens with zero attached hydrogens (tertiary/aromatic N) is 4. The molecule has 1 saturated heterocycles. The number of ether oxygens (including phenoxy) is 2. The van der Waals surface area contributed by atoms with E-state index < -0.39 is 10.0 Å². The molecule has 0 N–H and O–H groups in total. The van der Waals surface area contributed by atoms with Crippen LogP contribution in [0.5, 0.6) is 5.88 Å². The Bertz CT molecular complexity index is 804. The molecule has 1 aliphatic heterocycles. The van der Waals surface area contributed by atoms with Crippen molar-refractivity contribution in [1.82, 2.24) is 19.1 Å². The highest BCUT2D eigenvalue weighted by Gasteiger charge is 2.32. The summed E-state index contributed by atoms with van der Waals surface area (Å²) in [6.07, 6.45) is 4.63. The Balaban J connectivity index is 1.77. The van der Waals surface area contributed by atoms with Gasteiger partial charge >= 0.3 is 0 Å². The first-order chi connectivity index (χ1) is 12.0. The van der Waals surface area contributed by atoms with E-state index in [1.165, 1.54) is 16.6 Å². The Hall–Kier alpha value is -1.97. The zero-order valence-corrected chi connectivity index (χ0v) is 15.1. The third-order valence-electron chi connectivity index (χ3n) is 4.02. The first kappa shape index (κ1) is 17.8. The Kier molecular flexibility index (Phi) is 5.36. The van der Waals surface area contributed by atoms with Gasteiger partial charge in [0, 0.05) is 37.5 Å². The van der Waals surface area contributed by atoms with E-state index in [0.29, 0.717) is 25.6 Å². The molecule has 0 aliphatic carbocycles. The molecule has 1 aliphatic rings. The maximum Gasteiger partial charge on any atom is 0.244 e. The van der Waals surface area contributed by atoms with E-state index in [9.17, 15) is 8.42 Å². The molecule has 9 heteroatoms. The SMILES string of the molecule is CCOc1ccc(S(=O)(=O)N2CCO[C@H](c3cnn(CC)c3)C2)cn1. The monoisotopic (exact) mass is 366 g/mol. The van der Waals surface area contributed by atoms with Crippen molar-refractivity contribution >= 4 is 10.0 Å². The number of aromatic nitrogens is 3. The number of pyridine rings is 1. The smallest absolute Gasteiger partial charge is 0.244 e. The molecule has 0 radical (unpaired) electrons. The highest BCUT2D eigenvalue weighted by molar-refractivity contribution is 7.89. The van der Waals surface area contributed by atoms with Crippen LogP contribution in [-0.2, 0) is 21.3 Å². The van der Waals surface area contributed by atoms with Gasteiger partial charge in [0.15, 0.2) is 0 Å². The second-order valence-corrected chi connectivity index (χ2v) is 7.55. The van der Waals surface area contributed by atoms with Crippen LogP contribution in [-0.4, -0.2) is 53.8 Å². The van der Waals surface area contributed by atoms with Crippen molar-refractivity contribution in [3.8, 4) is 5.88 Å². The summed E-state index contributed by atoms with van der Waals surface area (Å²) in [6, 6.07) is 3.09. The molecule has 0 unspecified atom stereocenters.